The molecular formula is C14H16ClO7P. The average Bonchev–Trinajstić information content (AvgIpc) is 2.54. The van der Waals surface area contributed by atoms with Crippen LogP contribution in [-0.4, -0.2) is 39.0 Å². The van der Waals surface area contributed by atoms with Crippen molar-refractivity contribution in [1.29, 1.82) is 0 Å². The maximum absolute atomic E-state index is 11.8. The third-order valence-electron chi connectivity index (χ3n) is 3.56. The maximum Gasteiger partial charge on any atom is 0.474 e. The number of rotatable bonds is 5. The van der Waals surface area contributed by atoms with Gasteiger partial charge in [-0.1, -0.05) is 17.7 Å². The lowest BCUT2D eigenvalue weighted by Gasteiger charge is -2.43. The van der Waals surface area contributed by atoms with Gasteiger partial charge in [0.25, 0.3) is 0 Å². The number of hydrogen-bond acceptors (Lipinski definition) is 7. The predicted molar refractivity (Wildman–Crippen MR) is 80.5 cm³/mol. The van der Waals surface area contributed by atoms with Gasteiger partial charge >= 0.3 is 13.8 Å². The van der Waals surface area contributed by atoms with E-state index in [1.165, 1.54) is 0 Å². The van der Waals surface area contributed by atoms with Crippen LogP contribution in [0.4, 0.5) is 0 Å². The lowest BCUT2D eigenvalue weighted by molar-refractivity contribution is -0.161. The summed E-state index contributed by atoms with van der Waals surface area (Å²) in [5.74, 6) is -0.131. The minimum atomic E-state index is -3.36. The molecule has 7 nitrogen and oxygen atoms in total. The SMILES string of the molecule is Cc1ccc(OCC(=O)OCC23COP(=O)(OC2)OC3)c(Cl)c1. The Morgan fingerprint density at radius 3 is 2.57 bits per heavy atom. The van der Waals surface area contributed by atoms with Gasteiger partial charge in [0, 0.05) is 0 Å². The van der Waals surface area contributed by atoms with Crippen LogP contribution >= 0.6 is 19.4 Å². The zero-order chi connectivity index (χ0) is 16.5. The van der Waals surface area contributed by atoms with Crippen LogP contribution in [-0.2, 0) is 27.7 Å². The molecule has 3 heterocycles. The molecule has 0 N–H and O–H groups in total. The van der Waals surface area contributed by atoms with Crippen LogP contribution in [0.2, 0.25) is 5.02 Å². The van der Waals surface area contributed by atoms with Crippen molar-refractivity contribution in [2.75, 3.05) is 33.0 Å². The Balaban J connectivity index is 1.47. The highest BCUT2D eigenvalue weighted by molar-refractivity contribution is 7.48. The van der Waals surface area contributed by atoms with Gasteiger partial charge < -0.3 is 9.47 Å². The van der Waals surface area contributed by atoms with Crippen molar-refractivity contribution in [1.82, 2.24) is 0 Å². The number of aryl methyl sites for hydroxylation is 1. The molecule has 0 spiro atoms. The zero-order valence-corrected chi connectivity index (χ0v) is 14.1. The summed E-state index contributed by atoms with van der Waals surface area (Å²) in [6.45, 7) is 2.19. The van der Waals surface area contributed by atoms with Crippen molar-refractivity contribution < 1.29 is 32.4 Å². The molecule has 3 aliphatic heterocycles. The summed E-state index contributed by atoms with van der Waals surface area (Å²) in [6.07, 6.45) is 0. The second kappa shape index (κ2) is 6.42. The van der Waals surface area contributed by atoms with E-state index in [0.29, 0.717) is 10.8 Å². The van der Waals surface area contributed by atoms with E-state index in [1.807, 2.05) is 13.0 Å². The van der Waals surface area contributed by atoms with Crippen LogP contribution in [0.25, 0.3) is 0 Å². The van der Waals surface area contributed by atoms with Gasteiger partial charge in [-0.25, -0.2) is 9.36 Å². The Bertz CT molecular complexity index is 631. The smallest absolute Gasteiger partial charge is 0.474 e. The number of benzene rings is 1. The summed E-state index contributed by atoms with van der Waals surface area (Å²) in [5.41, 5.74) is 0.375. The van der Waals surface area contributed by atoms with E-state index in [9.17, 15) is 9.36 Å². The standard InChI is InChI=1S/C14H16ClO7P/c1-10-2-3-12(11(15)4-10)18-5-13(16)19-6-14-7-20-23(17,21-8-14)22-9-14/h2-4H,5-9H2,1H3. The van der Waals surface area contributed by atoms with Gasteiger partial charge in [-0.15, -0.1) is 0 Å². The Morgan fingerprint density at radius 2 is 1.96 bits per heavy atom. The number of carbonyl (C=O) groups is 1. The second-order valence-electron chi connectivity index (χ2n) is 5.65. The van der Waals surface area contributed by atoms with Crippen LogP contribution in [0.15, 0.2) is 18.2 Å². The van der Waals surface area contributed by atoms with Crippen LogP contribution < -0.4 is 4.74 Å². The average molecular weight is 363 g/mol. The molecule has 0 unspecified atom stereocenters. The Kier molecular flexibility index (Phi) is 4.67. The highest BCUT2D eigenvalue weighted by atomic mass is 35.5. The molecule has 4 rings (SSSR count). The first-order valence-electron chi connectivity index (χ1n) is 6.98. The number of esters is 1. The minimum absolute atomic E-state index is 0.0385. The fraction of sp³-hybridized carbons (Fsp3) is 0.500. The lowest BCUT2D eigenvalue weighted by atomic mass is 9.92. The molecule has 3 aliphatic rings. The Hall–Kier alpha value is -1.11. The van der Waals surface area contributed by atoms with Crippen molar-refractivity contribution >= 4 is 25.4 Å². The van der Waals surface area contributed by atoms with E-state index in [1.54, 1.807) is 12.1 Å². The number of phosphoric ester groups is 1. The number of halogens is 1. The van der Waals surface area contributed by atoms with E-state index in [-0.39, 0.29) is 33.0 Å². The number of hydrogen-bond donors (Lipinski definition) is 0. The summed E-state index contributed by atoms with van der Waals surface area (Å²) >= 11 is 6.02. The van der Waals surface area contributed by atoms with Crippen LogP contribution in [0, 0.1) is 12.3 Å². The summed E-state index contributed by atoms with van der Waals surface area (Å²) in [6, 6.07) is 5.27. The predicted octanol–water partition coefficient (Wildman–Crippen LogP) is 2.74. The first-order chi connectivity index (χ1) is 10.9. The molecule has 0 atom stereocenters. The van der Waals surface area contributed by atoms with Crippen LogP contribution in [0.1, 0.15) is 5.56 Å². The van der Waals surface area contributed by atoms with Gasteiger partial charge in [0.05, 0.1) is 30.3 Å². The summed E-state index contributed by atoms with van der Waals surface area (Å²) in [4.78, 5) is 11.8. The summed E-state index contributed by atoms with van der Waals surface area (Å²) in [7, 11) is -3.36. The molecule has 1 aromatic carbocycles. The Labute approximate surface area is 138 Å². The van der Waals surface area contributed by atoms with E-state index in [4.69, 9.17) is 34.6 Å². The summed E-state index contributed by atoms with van der Waals surface area (Å²) < 4.78 is 37.2. The molecular weight excluding hydrogens is 347 g/mol. The molecule has 0 aliphatic carbocycles. The first kappa shape index (κ1) is 16.7. The van der Waals surface area contributed by atoms with Gasteiger partial charge in [-0.05, 0) is 24.6 Å². The number of fused-ring (bicyclic) bond motifs is 3. The van der Waals surface area contributed by atoms with Crippen LogP contribution in [0.5, 0.6) is 5.75 Å². The largest absolute Gasteiger partial charge is 0.480 e. The lowest BCUT2D eigenvalue weighted by Crippen LogP contribution is -2.48. The topological polar surface area (TPSA) is 80.3 Å². The van der Waals surface area contributed by atoms with Crippen molar-refractivity contribution in [3.05, 3.63) is 28.8 Å². The monoisotopic (exact) mass is 362 g/mol. The van der Waals surface area contributed by atoms with E-state index >= 15 is 0 Å². The second-order valence-corrected chi connectivity index (χ2v) is 7.73. The van der Waals surface area contributed by atoms with Crippen molar-refractivity contribution in [3.8, 4) is 5.75 Å². The van der Waals surface area contributed by atoms with E-state index in [2.05, 4.69) is 0 Å². The van der Waals surface area contributed by atoms with Crippen LogP contribution in [0.3, 0.4) is 0 Å². The molecule has 3 fully saturated rings. The molecule has 0 amide bonds. The Morgan fingerprint density at radius 1 is 1.30 bits per heavy atom. The number of ether oxygens (including phenoxy) is 2. The van der Waals surface area contributed by atoms with E-state index < -0.39 is 19.2 Å². The van der Waals surface area contributed by atoms with Gasteiger partial charge in [-0.2, -0.15) is 0 Å². The van der Waals surface area contributed by atoms with Gasteiger partial charge in [-0.3, -0.25) is 13.6 Å². The molecule has 1 aromatic rings. The molecule has 3 saturated heterocycles. The third kappa shape index (κ3) is 3.87. The fourth-order valence-corrected chi connectivity index (χ4v) is 3.95. The van der Waals surface area contributed by atoms with E-state index in [0.717, 1.165) is 5.56 Å². The molecule has 23 heavy (non-hydrogen) atoms. The van der Waals surface area contributed by atoms with Crippen molar-refractivity contribution in [2.45, 2.75) is 6.92 Å². The fourth-order valence-electron chi connectivity index (χ4n) is 2.14. The van der Waals surface area contributed by atoms with Gasteiger partial charge in [0.1, 0.15) is 12.4 Å². The zero-order valence-electron chi connectivity index (χ0n) is 12.5. The van der Waals surface area contributed by atoms with Gasteiger partial charge in [0.2, 0.25) is 0 Å². The minimum Gasteiger partial charge on any atom is -0.480 e. The highest BCUT2D eigenvalue weighted by Crippen LogP contribution is 2.59. The molecule has 0 radical (unpaired) electrons. The normalized spacial score (nSPS) is 29.3. The summed E-state index contributed by atoms with van der Waals surface area (Å²) in [5, 5.41) is 0.432. The first-order valence-corrected chi connectivity index (χ1v) is 8.82. The number of phosphoric acid groups is 1. The maximum atomic E-state index is 11.8. The molecule has 9 heteroatoms. The molecule has 2 bridgehead atoms. The molecule has 126 valence electrons. The van der Waals surface area contributed by atoms with Crippen molar-refractivity contribution in [2.24, 2.45) is 5.41 Å². The molecule has 0 aromatic heterocycles. The highest BCUT2D eigenvalue weighted by Gasteiger charge is 2.51. The molecule has 0 saturated carbocycles. The third-order valence-corrected chi connectivity index (χ3v) is 5.19. The van der Waals surface area contributed by atoms with Crippen molar-refractivity contribution in [3.63, 3.8) is 0 Å². The van der Waals surface area contributed by atoms with Gasteiger partial charge in [0.15, 0.2) is 6.61 Å². The quantitative estimate of drug-likeness (QED) is 0.588. The number of carbonyl (C=O) groups excluding carboxylic acids is 1.